The van der Waals surface area contributed by atoms with E-state index in [1.54, 1.807) is 0 Å². The lowest BCUT2D eigenvalue weighted by Crippen LogP contribution is -2.46. The molecule has 0 aromatic carbocycles. The lowest BCUT2D eigenvalue weighted by atomic mass is 9.83. The standard InChI is InChI=1S/C22H33NO5/c1-4-26-19(25)16-12-21(9-10-21)7-6-17(16)23-18(24)15-5-8-22(11-15)27-13-20(2,3)14-28-22/h15H,4-14H2,1-3H3,(H,23,24). The second-order valence-electron chi connectivity index (χ2n) is 9.94. The van der Waals surface area contributed by atoms with Crippen LogP contribution >= 0.6 is 0 Å². The molecule has 0 bridgehead atoms. The van der Waals surface area contributed by atoms with E-state index in [-0.39, 0.29) is 28.6 Å². The van der Waals surface area contributed by atoms with Crippen LogP contribution in [0.1, 0.15) is 72.1 Å². The third-order valence-electron chi connectivity index (χ3n) is 6.83. The summed E-state index contributed by atoms with van der Waals surface area (Å²) in [6.45, 7) is 7.72. The maximum absolute atomic E-state index is 13.0. The zero-order chi connectivity index (χ0) is 20.0. The molecule has 1 N–H and O–H groups in total. The van der Waals surface area contributed by atoms with Crippen molar-refractivity contribution in [1.29, 1.82) is 0 Å². The van der Waals surface area contributed by atoms with Crippen LogP contribution < -0.4 is 5.32 Å². The van der Waals surface area contributed by atoms with E-state index in [1.165, 1.54) is 12.8 Å². The van der Waals surface area contributed by atoms with Crippen molar-refractivity contribution in [3.8, 4) is 0 Å². The van der Waals surface area contributed by atoms with Crippen molar-refractivity contribution in [2.75, 3.05) is 19.8 Å². The Morgan fingerprint density at radius 1 is 1.14 bits per heavy atom. The molecule has 2 spiro atoms. The third kappa shape index (κ3) is 3.99. The largest absolute Gasteiger partial charge is 0.463 e. The zero-order valence-electron chi connectivity index (χ0n) is 17.4. The van der Waals surface area contributed by atoms with Crippen molar-refractivity contribution in [3.05, 3.63) is 11.3 Å². The van der Waals surface area contributed by atoms with Gasteiger partial charge in [-0.1, -0.05) is 13.8 Å². The summed E-state index contributed by atoms with van der Waals surface area (Å²) in [6, 6.07) is 0. The van der Waals surface area contributed by atoms with Crippen LogP contribution in [0.5, 0.6) is 0 Å². The van der Waals surface area contributed by atoms with Crippen LogP contribution in [0.3, 0.4) is 0 Å². The molecule has 6 heteroatoms. The van der Waals surface area contributed by atoms with E-state index in [2.05, 4.69) is 19.2 Å². The van der Waals surface area contributed by atoms with Gasteiger partial charge in [0, 0.05) is 29.9 Å². The SMILES string of the molecule is CCOC(=O)C1=C(NC(=O)C2CCC3(C2)OCC(C)(C)CO3)CCC2(CC2)C1. The Balaban J connectivity index is 1.41. The quantitative estimate of drug-likeness (QED) is 0.743. The van der Waals surface area contributed by atoms with E-state index in [9.17, 15) is 9.59 Å². The first-order valence-electron chi connectivity index (χ1n) is 10.7. The van der Waals surface area contributed by atoms with Crippen LogP contribution in [0.4, 0.5) is 0 Å². The molecule has 1 amide bonds. The Bertz CT molecular complexity index is 681. The number of nitrogens with one attached hydrogen (secondary N) is 1. The number of hydrogen-bond acceptors (Lipinski definition) is 5. The lowest BCUT2D eigenvalue weighted by Gasteiger charge is -2.41. The van der Waals surface area contributed by atoms with E-state index < -0.39 is 5.79 Å². The van der Waals surface area contributed by atoms with E-state index in [4.69, 9.17) is 14.2 Å². The molecule has 28 heavy (non-hydrogen) atoms. The van der Waals surface area contributed by atoms with Crippen molar-refractivity contribution < 1.29 is 23.8 Å². The second kappa shape index (κ2) is 7.13. The Labute approximate surface area is 167 Å². The van der Waals surface area contributed by atoms with Crippen molar-refractivity contribution >= 4 is 11.9 Å². The predicted molar refractivity (Wildman–Crippen MR) is 103 cm³/mol. The summed E-state index contributed by atoms with van der Waals surface area (Å²) in [4.78, 5) is 25.4. The minimum atomic E-state index is -0.611. The summed E-state index contributed by atoms with van der Waals surface area (Å²) in [5.74, 6) is -1.04. The van der Waals surface area contributed by atoms with E-state index >= 15 is 0 Å². The molecule has 0 aromatic rings. The molecule has 1 aliphatic heterocycles. The molecule has 4 rings (SSSR count). The maximum atomic E-state index is 13.0. The molecule has 1 atom stereocenters. The smallest absolute Gasteiger partial charge is 0.335 e. The van der Waals surface area contributed by atoms with E-state index in [0.717, 1.165) is 37.8 Å². The highest BCUT2D eigenvalue weighted by Gasteiger charge is 2.49. The summed E-state index contributed by atoms with van der Waals surface area (Å²) in [6.07, 6.45) is 6.95. The van der Waals surface area contributed by atoms with Crippen molar-refractivity contribution in [1.82, 2.24) is 5.32 Å². The van der Waals surface area contributed by atoms with Crippen molar-refractivity contribution in [3.63, 3.8) is 0 Å². The first-order valence-corrected chi connectivity index (χ1v) is 10.7. The number of rotatable bonds is 4. The van der Waals surface area contributed by atoms with Gasteiger partial charge in [-0.25, -0.2) is 4.79 Å². The molecule has 1 unspecified atom stereocenters. The molecule has 4 aliphatic rings. The van der Waals surface area contributed by atoms with E-state index in [0.29, 0.717) is 31.8 Å². The Morgan fingerprint density at radius 2 is 1.86 bits per heavy atom. The van der Waals surface area contributed by atoms with Gasteiger partial charge in [0.15, 0.2) is 5.79 Å². The summed E-state index contributed by atoms with van der Waals surface area (Å²) in [5, 5.41) is 3.08. The molecule has 0 radical (unpaired) electrons. The Hall–Kier alpha value is -1.40. The summed E-state index contributed by atoms with van der Waals surface area (Å²) in [7, 11) is 0. The molecular formula is C22H33NO5. The first-order chi connectivity index (χ1) is 13.3. The number of hydrogen-bond donors (Lipinski definition) is 1. The van der Waals surface area contributed by atoms with Crippen LogP contribution in [0.15, 0.2) is 11.3 Å². The van der Waals surface area contributed by atoms with Gasteiger partial charge in [0.05, 0.1) is 25.4 Å². The Kier molecular flexibility index (Phi) is 5.07. The number of ether oxygens (including phenoxy) is 3. The fourth-order valence-electron chi connectivity index (χ4n) is 4.71. The van der Waals surface area contributed by atoms with Crippen molar-refractivity contribution in [2.45, 2.75) is 77.9 Å². The van der Waals surface area contributed by atoms with E-state index in [1.807, 2.05) is 6.92 Å². The highest BCUT2D eigenvalue weighted by Crippen LogP contribution is 2.57. The normalized spacial score (nSPS) is 29.8. The van der Waals surface area contributed by atoms with Gasteiger partial charge in [-0.05, 0) is 50.9 Å². The lowest BCUT2D eigenvalue weighted by molar-refractivity contribution is -0.295. The topological polar surface area (TPSA) is 73.9 Å². The van der Waals surface area contributed by atoms with Crippen molar-refractivity contribution in [2.24, 2.45) is 16.7 Å². The zero-order valence-corrected chi connectivity index (χ0v) is 17.4. The number of esters is 1. The highest BCUT2D eigenvalue weighted by molar-refractivity contribution is 5.91. The van der Waals surface area contributed by atoms with Crippen LogP contribution in [0.25, 0.3) is 0 Å². The van der Waals surface area contributed by atoms with Gasteiger partial charge < -0.3 is 19.5 Å². The van der Waals surface area contributed by atoms with Gasteiger partial charge in [-0.2, -0.15) is 0 Å². The minimum Gasteiger partial charge on any atom is -0.463 e. The molecule has 1 heterocycles. The summed E-state index contributed by atoms with van der Waals surface area (Å²) < 4.78 is 17.4. The molecule has 156 valence electrons. The van der Waals surface area contributed by atoms with Crippen LogP contribution in [0.2, 0.25) is 0 Å². The van der Waals surface area contributed by atoms with Crippen LogP contribution in [0, 0.1) is 16.7 Å². The summed E-state index contributed by atoms with van der Waals surface area (Å²) in [5.41, 5.74) is 1.75. The predicted octanol–water partition coefficient (Wildman–Crippen LogP) is 3.45. The fourth-order valence-corrected chi connectivity index (χ4v) is 4.71. The third-order valence-corrected chi connectivity index (χ3v) is 6.83. The molecule has 0 aromatic heterocycles. The van der Waals surface area contributed by atoms with Crippen LogP contribution in [-0.2, 0) is 23.8 Å². The highest BCUT2D eigenvalue weighted by atomic mass is 16.7. The van der Waals surface area contributed by atoms with Gasteiger partial charge in [-0.3, -0.25) is 4.79 Å². The fraction of sp³-hybridized carbons (Fsp3) is 0.818. The second-order valence-corrected chi connectivity index (χ2v) is 9.94. The van der Waals surface area contributed by atoms with Gasteiger partial charge in [-0.15, -0.1) is 0 Å². The molecular weight excluding hydrogens is 358 g/mol. The van der Waals surface area contributed by atoms with Crippen LogP contribution in [-0.4, -0.2) is 37.5 Å². The van der Waals surface area contributed by atoms with Gasteiger partial charge >= 0.3 is 5.97 Å². The number of carbonyl (C=O) groups excluding carboxylic acids is 2. The maximum Gasteiger partial charge on any atom is 0.335 e. The van der Waals surface area contributed by atoms with Gasteiger partial charge in [0.1, 0.15) is 0 Å². The first kappa shape index (κ1) is 19.9. The molecule has 6 nitrogen and oxygen atoms in total. The molecule has 3 aliphatic carbocycles. The monoisotopic (exact) mass is 391 g/mol. The number of carbonyl (C=O) groups is 2. The Morgan fingerprint density at radius 3 is 2.50 bits per heavy atom. The van der Waals surface area contributed by atoms with Gasteiger partial charge in [0.2, 0.25) is 5.91 Å². The number of amides is 1. The molecule has 2 saturated carbocycles. The molecule has 3 fully saturated rings. The minimum absolute atomic E-state index is 0.0162. The average Bonchev–Trinajstić information content (AvgIpc) is 3.27. The number of allylic oxidation sites excluding steroid dienone is 1. The van der Waals surface area contributed by atoms with Gasteiger partial charge in [0.25, 0.3) is 0 Å². The summed E-state index contributed by atoms with van der Waals surface area (Å²) >= 11 is 0. The molecule has 1 saturated heterocycles. The average molecular weight is 392 g/mol.